The van der Waals surface area contributed by atoms with Gasteiger partial charge in [-0.05, 0) is 5.92 Å². The van der Waals surface area contributed by atoms with Crippen molar-refractivity contribution in [1.82, 2.24) is 4.90 Å². The van der Waals surface area contributed by atoms with E-state index in [0.717, 1.165) is 12.8 Å². The van der Waals surface area contributed by atoms with Gasteiger partial charge in [-0.2, -0.15) is 0 Å². The first-order chi connectivity index (χ1) is 5.61. The largest absolute Gasteiger partial charge is 0.325 e. The fourth-order valence-corrected chi connectivity index (χ4v) is 1.15. The van der Waals surface area contributed by atoms with Crippen LogP contribution in [-0.2, 0) is 0 Å². The lowest BCUT2D eigenvalue weighted by molar-refractivity contribution is 0.525. The predicted molar refractivity (Wildman–Crippen MR) is 53.0 cm³/mol. The monoisotopic (exact) mass is 169 g/mol. The fourth-order valence-electron chi connectivity index (χ4n) is 1.15. The zero-order valence-corrected chi connectivity index (χ0v) is 8.22. The highest BCUT2D eigenvalue weighted by atomic mass is 15.1. The Bertz CT molecular complexity index is 154. The summed E-state index contributed by atoms with van der Waals surface area (Å²) in [6.45, 7) is 4.30. The molecule has 3 heteroatoms. The van der Waals surface area contributed by atoms with Crippen LogP contribution in [0, 0.1) is 16.7 Å². The molecule has 0 saturated heterocycles. The first kappa shape index (κ1) is 11.1. The lowest BCUT2D eigenvalue weighted by Gasteiger charge is -2.16. The summed E-state index contributed by atoms with van der Waals surface area (Å²) in [4.78, 5) is 1.55. The molecule has 0 saturated carbocycles. The van der Waals surface area contributed by atoms with Gasteiger partial charge < -0.3 is 4.90 Å². The van der Waals surface area contributed by atoms with Crippen molar-refractivity contribution in [3.63, 3.8) is 0 Å². The minimum absolute atomic E-state index is 0.533. The number of nitrogens with one attached hydrogen (secondary N) is 2. The molecular formula is C9H19N3. The maximum atomic E-state index is 7.58. The highest BCUT2D eigenvalue weighted by molar-refractivity contribution is 5.88. The zero-order valence-electron chi connectivity index (χ0n) is 8.22. The first-order valence-corrected chi connectivity index (χ1v) is 4.42. The molecule has 0 fully saturated rings. The van der Waals surface area contributed by atoms with Crippen LogP contribution in [0.25, 0.3) is 0 Å². The van der Waals surface area contributed by atoms with Crippen molar-refractivity contribution >= 4 is 12.2 Å². The third kappa shape index (κ3) is 4.11. The molecule has 0 bridgehead atoms. The molecule has 0 aliphatic carbocycles. The lowest BCUT2D eigenvalue weighted by atomic mass is 10.0. The molecule has 0 aromatic rings. The summed E-state index contributed by atoms with van der Waals surface area (Å²) in [6.07, 6.45) is 4.29. The van der Waals surface area contributed by atoms with Gasteiger partial charge in [-0.1, -0.05) is 26.7 Å². The van der Waals surface area contributed by atoms with Crippen LogP contribution in [0.4, 0.5) is 0 Å². The number of rotatable bonds is 5. The van der Waals surface area contributed by atoms with Gasteiger partial charge in [0.25, 0.3) is 0 Å². The van der Waals surface area contributed by atoms with Crippen LogP contribution in [0.15, 0.2) is 0 Å². The third-order valence-corrected chi connectivity index (χ3v) is 1.94. The van der Waals surface area contributed by atoms with Gasteiger partial charge in [0.2, 0.25) is 0 Å². The average Bonchev–Trinajstić information content (AvgIpc) is 2.03. The molecule has 0 rings (SSSR count). The summed E-state index contributed by atoms with van der Waals surface area (Å²) in [5.41, 5.74) is 0. The van der Waals surface area contributed by atoms with Crippen molar-refractivity contribution in [2.75, 3.05) is 7.05 Å². The van der Waals surface area contributed by atoms with Gasteiger partial charge in [0.15, 0.2) is 0 Å². The van der Waals surface area contributed by atoms with Gasteiger partial charge in [0, 0.05) is 13.5 Å². The Morgan fingerprint density at radius 3 is 2.58 bits per heavy atom. The molecule has 0 heterocycles. The summed E-state index contributed by atoms with van der Waals surface area (Å²) in [5.74, 6) is 1.09. The number of amidine groups is 1. The smallest absolute Gasteiger partial charge is 0.101 e. The van der Waals surface area contributed by atoms with Crippen molar-refractivity contribution in [3.8, 4) is 0 Å². The Hall–Kier alpha value is -0.860. The SMILES string of the molecule is CCCC(C)CC(=N)N(C)C=N. The van der Waals surface area contributed by atoms with Crippen LogP contribution in [0.5, 0.6) is 0 Å². The Morgan fingerprint density at radius 1 is 1.58 bits per heavy atom. The van der Waals surface area contributed by atoms with E-state index in [1.807, 2.05) is 0 Å². The maximum Gasteiger partial charge on any atom is 0.101 e. The first-order valence-electron chi connectivity index (χ1n) is 4.42. The molecule has 0 aromatic carbocycles. The van der Waals surface area contributed by atoms with Crippen molar-refractivity contribution in [1.29, 1.82) is 10.8 Å². The molecule has 1 unspecified atom stereocenters. The van der Waals surface area contributed by atoms with Crippen molar-refractivity contribution in [3.05, 3.63) is 0 Å². The molecule has 0 aromatic heterocycles. The minimum atomic E-state index is 0.533. The molecule has 12 heavy (non-hydrogen) atoms. The van der Waals surface area contributed by atoms with Crippen LogP contribution in [0.2, 0.25) is 0 Å². The molecule has 0 amide bonds. The van der Waals surface area contributed by atoms with E-state index in [9.17, 15) is 0 Å². The third-order valence-electron chi connectivity index (χ3n) is 1.94. The van der Waals surface area contributed by atoms with Gasteiger partial charge in [0.05, 0.1) is 6.34 Å². The molecule has 70 valence electrons. The molecule has 0 aliphatic rings. The average molecular weight is 169 g/mol. The molecule has 0 aliphatic heterocycles. The van der Waals surface area contributed by atoms with E-state index in [2.05, 4.69) is 13.8 Å². The van der Waals surface area contributed by atoms with Crippen molar-refractivity contribution in [2.45, 2.75) is 33.1 Å². The van der Waals surface area contributed by atoms with E-state index in [4.69, 9.17) is 10.8 Å². The fraction of sp³-hybridized carbons (Fsp3) is 0.778. The summed E-state index contributed by atoms with van der Waals surface area (Å²) >= 11 is 0. The van der Waals surface area contributed by atoms with E-state index < -0.39 is 0 Å². The minimum Gasteiger partial charge on any atom is -0.325 e. The van der Waals surface area contributed by atoms with Crippen LogP contribution >= 0.6 is 0 Å². The Balaban J connectivity index is 3.75. The maximum absolute atomic E-state index is 7.58. The van der Waals surface area contributed by atoms with E-state index in [1.165, 1.54) is 12.8 Å². The van der Waals surface area contributed by atoms with Crippen LogP contribution < -0.4 is 0 Å². The summed E-state index contributed by atoms with van der Waals surface area (Å²) in [7, 11) is 1.74. The highest BCUT2D eigenvalue weighted by Gasteiger charge is 2.07. The second kappa shape index (κ2) is 5.75. The Morgan fingerprint density at radius 2 is 2.17 bits per heavy atom. The van der Waals surface area contributed by atoms with Gasteiger partial charge in [-0.25, -0.2) is 0 Å². The predicted octanol–water partition coefficient (Wildman–Crippen LogP) is 2.33. The summed E-state index contributed by atoms with van der Waals surface area (Å²) in [6, 6.07) is 0. The van der Waals surface area contributed by atoms with E-state index in [0.29, 0.717) is 11.8 Å². The molecule has 0 spiro atoms. The Labute approximate surface area is 74.8 Å². The van der Waals surface area contributed by atoms with E-state index >= 15 is 0 Å². The van der Waals surface area contributed by atoms with Crippen LogP contribution in [-0.4, -0.2) is 24.1 Å². The van der Waals surface area contributed by atoms with Gasteiger partial charge in [-0.3, -0.25) is 10.8 Å². The zero-order chi connectivity index (χ0) is 9.56. The normalized spacial score (nSPS) is 12.2. The summed E-state index contributed by atoms with van der Waals surface area (Å²) in [5, 5.41) is 14.5. The van der Waals surface area contributed by atoms with Gasteiger partial charge in [-0.15, -0.1) is 0 Å². The number of nitrogens with zero attached hydrogens (tertiary/aromatic N) is 1. The number of hydrogen-bond donors (Lipinski definition) is 2. The second-order valence-corrected chi connectivity index (χ2v) is 3.28. The second-order valence-electron chi connectivity index (χ2n) is 3.28. The van der Waals surface area contributed by atoms with E-state index in [-0.39, 0.29) is 0 Å². The molecule has 3 nitrogen and oxygen atoms in total. The van der Waals surface area contributed by atoms with E-state index in [1.54, 1.807) is 11.9 Å². The highest BCUT2D eigenvalue weighted by Crippen LogP contribution is 2.10. The standard InChI is InChI=1S/C9H19N3/c1-4-5-8(2)6-9(11)12(3)7-10/h7-8,10-11H,4-6H2,1-3H3. The van der Waals surface area contributed by atoms with Crippen LogP contribution in [0.3, 0.4) is 0 Å². The molecule has 1 atom stereocenters. The van der Waals surface area contributed by atoms with Crippen molar-refractivity contribution < 1.29 is 0 Å². The van der Waals surface area contributed by atoms with Crippen LogP contribution in [0.1, 0.15) is 33.1 Å². The lowest BCUT2D eigenvalue weighted by Crippen LogP contribution is -2.25. The number of hydrogen-bond acceptors (Lipinski definition) is 2. The van der Waals surface area contributed by atoms with Crippen molar-refractivity contribution in [2.24, 2.45) is 5.92 Å². The quantitative estimate of drug-likeness (QED) is 0.481. The summed E-state index contributed by atoms with van der Waals surface area (Å²) < 4.78 is 0. The van der Waals surface area contributed by atoms with Gasteiger partial charge in [0.1, 0.15) is 5.84 Å². The topological polar surface area (TPSA) is 50.9 Å². The van der Waals surface area contributed by atoms with Gasteiger partial charge >= 0.3 is 0 Å². The molecule has 2 N–H and O–H groups in total. The Kier molecular flexibility index (Phi) is 5.34. The molecule has 0 radical (unpaired) electrons. The molecular weight excluding hydrogens is 150 g/mol.